The summed E-state index contributed by atoms with van der Waals surface area (Å²) in [6.45, 7) is 1.71. The van der Waals surface area contributed by atoms with E-state index in [1.165, 1.54) is 20.1 Å². The fourth-order valence-corrected chi connectivity index (χ4v) is 6.16. The van der Waals surface area contributed by atoms with Gasteiger partial charge in [-0.25, -0.2) is 9.36 Å². The average Bonchev–Trinajstić information content (AvgIpc) is 3.59. The number of benzene rings is 1. The summed E-state index contributed by atoms with van der Waals surface area (Å²) in [5.41, 5.74) is 7.05. The van der Waals surface area contributed by atoms with Crippen molar-refractivity contribution in [3.63, 3.8) is 0 Å². The Balaban J connectivity index is 1.50. The van der Waals surface area contributed by atoms with Crippen LogP contribution in [0.15, 0.2) is 32.1 Å². The molecule has 3 N–H and O–H groups in total. The molecular weight excluding hydrogens is 706 g/mol. The number of aromatic nitrogens is 2. The molecule has 3 heterocycles. The first-order valence-electron chi connectivity index (χ1n) is 14.1. The Morgan fingerprint density at radius 2 is 2.00 bits per heavy atom. The van der Waals surface area contributed by atoms with Gasteiger partial charge in [0.15, 0.2) is 17.6 Å². The van der Waals surface area contributed by atoms with Gasteiger partial charge in [0.05, 0.1) is 49.2 Å². The van der Waals surface area contributed by atoms with E-state index in [1.807, 2.05) is 0 Å². The van der Waals surface area contributed by atoms with Crippen molar-refractivity contribution < 1.29 is 52.2 Å². The second-order valence-corrected chi connectivity index (χ2v) is 12.8. The number of nitrogens with one attached hydrogen (secondary N) is 1. The lowest BCUT2D eigenvalue weighted by molar-refractivity contribution is -0.171. The molecule has 262 valence electrons. The highest BCUT2D eigenvalue weighted by atomic mass is 35.5. The molecule has 2 aliphatic rings. The molecule has 1 unspecified atom stereocenters. The van der Waals surface area contributed by atoms with Gasteiger partial charge < -0.3 is 33.8 Å². The van der Waals surface area contributed by atoms with Crippen LogP contribution in [0.5, 0.6) is 11.5 Å². The van der Waals surface area contributed by atoms with Gasteiger partial charge in [-0.1, -0.05) is 33.5 Å². The van der Waals surface area contributed by atoms with Crippen LogP contribution in [0.1, 0.15) is 44.0 Å². The van der Waals surface area contributed by atoms with E-state index < -0.39 is 74.1 Å². The number of carbonyl (C=O) groups excluding carboxylic acids is 1. The van der Waals surface area contributed by atoms with Crippen LogP contribution in [0.2, 0.25) is 10.0 Å². The van der Waals surface area contributed by atoms with Crippen LogP contribution >= 0.6 is 31.0 Å². The maximum Gasteiger partial charge on any atom is 0.472 e. The van der Waals surface area contributed by atoms with Crippen molar-refractivity contribution in [2.75, 3.05) is 20.3 Å². The number of aromatic hydroxyl groups is 1. The third-order valence-electron chi connectivity index (χ3n) is 7.30. The van der Waals surface area contributed by atoms with Crippen molar-refractivity contribution in [2.24, 2.45) is 16.2 Å². The number of phosphoric acid groups is 1. The number of phosphoric ester groups is 1. The van der Waals surface area contributed by atoms with E-state index >= 15 is 0 Å². The van der Waals surface area contributed by atoms with E-state index in [1.54, 1.807) is 6.92 Å². The van der Waals surface area contributed by atoms with Crippen molar-refractivity contribution in [3.8, 4) is 11.5 Å². The molecule has 0 saturated carbocycles. The fraction of sp³-hybridized carbons (Fsp3) is 0.538. The molecule has 48 heavy (non-hydrogen) atoms. The standard InChI is InChI=1S/C26H31Cl2N6O13P/c1-12-14(4-22(44-12)45-13(2)35)10-42-48(39,40)43-11-20-18(47-31-8-16-17(27)5-19(41-3)24(36)23(16)28)6-21(46-20)34-9-15(7-30-33-29)25(37)32-26(34)38/h5,8-9,12,14,18,20-22,36H,4,6-7,10-11H2,1-3H3,(H,39,40)(H,32,37,38)/b31-8+/t12-,14+,18-,20-,21-,22+/m1/s1. The highest BCUT2D eigenvalue weighted by molar-refractivity contribution is 7.47. The van der Waals surface area contributed by atoms with Gasteiger partial charge in [-0.15, -0.1) is 0 Å². The summed E-state index contributed by atoms with van der Waals surface area (Å²) >= 11 is 12.4. The van der Waals surface area contributed by atoms with E-state index in [0.29, 0.717) is 0 Å². The Hall–Kier alpha value is -3.64. The number of H-pyrrole nitrogens is 1. The second-order valence-electron chi connectivity index (χ2n) is 10.5. The smallest absolute Gasteiger partial charge is 0.472 e. The predicted octanol–water partition coefficient (Wildman–Crippen LogP) is 3.52. The Kier molecular flexibility index (Phi) is 12.5. The molecule has 1 aromatic heterocycles. The van der Waals surface area contributed by atoms with E-state index in [2.05, 4.69) is 20.2 Å². The predicted molar refractivity (Wildman–Crippen MR) is 166 cm³/mol. The minimum atomic E-state index is -4.70. The molecule has 22 heteroatoms. The highest BCUT2D eigenvalue weighted by Crippen LogP contribution is 2.46. The number of phenols is 1. The summed E-state index contributed by atoms with van der Waals surface area (Å²) in [6.07, 6.45) is -2.17. The average molecular weight is 737 g/mol. The lowest BCUT2D eigenvalue weighted by Crippen LogP contribution is -2.34. The van der Waals surface area contributed by atoms with Crippen molar-refractivity contribution in [2.45, 2.75) is 64.1 Å². The second kappa shape index (κ2) is 16.2. The van der Waals surface area contributed by atoms with Crippen molar-refractivity contribution in [3.05, 3.63) is 64.7 Å². The van der Waals surface area contributed by atoms with Gasteiger partial charge in [0.25, 0.3) is 5.56 Å². The third-order valence-corrected chi connectivity index (χ3v) is 8.95. The maximum absolute atomic E-state index is 12.8. The molecule has 2 aromatic rings. The number of azide groups is 1. The van der Waals surface area contributed by atoms with Gasteiger partial charge in [0.1, 0.15) is 12.3 Å². The number of oxime groups is 1. The molecule has 0 radical (unpaired) electrons. The number of rotatable bonds is 14. The zero-order valence-corrected chi connectivity index (χ0v) is 28.0. The number of halogens is 2. The summed E-state index contributed by atoms with van der Waals surface area (Å²) in [5, 5.41) is 17.3. The lowest BCUT2D eigenvalue weighted by Gasteiger charge is -2.20. The number of esters is 1. The Morgan fingerprint density at radius 3 is 2.69 bits per heavy atom. The summed E-state index contributed by atoms with van der Waals surface area (Å²) < 4.78 is 45.7. The Bertz CT molecular complexity index is 1750. The number of methoxy groups -OCH3 is 1. The Morgan fingerprint density at radius 1 is 1.27 bits per heavy atom. The number of nitrogens with zero attached hydrogens (tertiary/aromatic N) is 5. The number of hydrogen-bond acceptors (Lipinski definition) is 14. The topological polar surface area (TPSA) is 255 Å². The summed E-state index contributed by atoms with van der Waals surface area (Å²) in [6, 6.07) is 1.31. The van der Waals surface area contributed by atoms with Crippen molar-refractivity contribution in [1.82, 2.24) is 9.55 Å². The SMILES string of the molecule is COc1cc(Cl)c(/C=N/O[C@@H]2C[C@H](n3cc(CN=[N+]=[N-])c(=O)[nH]c3=O)O[C@@H]2COP(=O)(O)OC[C@@H]2C[C@H](OC(C)=O)O[C@@H]2C)c(Cl)c1O. The first-order valence-corrected chi connectivity index (χ1v) is 16.4. The van der Waals surface area contributed by atoms with Gasteiger partial charge in [0.2, 0.25) is 6.29 Å². The van der Waals surface area contributed by atoms with E-state index in [0.717, 1.165) is 17.0 Å². The molecule has 0 spiro atoms. The van der Waals surface area contributed by atoms with E-state index in [-0.39, 0.29) is 52.9 Å². The lowest BCUT2D eigenvalue weighted by atomic mass is 10.0. The highest BCUT2D eigenvalue weighted by Gasteiger charge is 2.41. The largest absolute Gasteiger partial charge is 0.503 e. The quantitative estimate of drug-likeness (QED) is 0.0478. The first kappa shape index (κ1) is 37.2. The maximum atomic E-state index is 12.8. The van der Waals surface area contributed by atoms with Crippen LogP contribution in [-0.2, 0) is 44.0 Å². The van der Waals surface area contributed by atoms with Crippen molar-refractivity contribution >= 4 is 43.2 Å². The van der Waals surface area contributed by atoms with Gasteiger partial charge >= 0.3 is 19.5 Å². The minimum Gasteiger partial charge on any atom is -0.503 e. The molecule has 2 saturated heterocycles. The third kappa shape index (κ3) is 9.28. The number of hydrogen-bond donors (Lipinski definition) is 3. The summed E-state index contributed by atoms with van der Waals surface area (Å²) in [7, 11) is -3.39. The molecule has 4 rings (SSSR count). The van der Waals surface area contributed by atoms with Crippen LogP contribution in [0, 0.1) is 5.92 Å². The minimum absolute atomic E-state index is 0.0215. The van der Waals surface area contributed by atoms with Gasteiger partial charge in [-0.05, 0) is 12.5 Å². The van der Waals surface area contributed by atoms with Crippen LogP contribution in [-0.4, -0.2) is 76.7 Å². The summed E-state index contributed by atoms with van der Waals surface area (Å²) in [4.78, 5) is 56.8. The zero-order chi connectivity index (χ0) is 35.2. The molecule has 19 nitrogen and oxygen atoms in total. The van der Waals surface area contributed by atoms with Crippen molar-refractivity contribution in [1.29, 1.82) is 0 Å². The van der Waals surface area contributed by atoms with Crippen LogP contribution < -0.4 is 16.0 Å². The molecule has 2 aliphatic heterocycles. The number of ether oxygens (including phenoxy) is 4. The number of phenolic OH excluding ortho intramolecular Hbond substituents is 1. The van der Waals surface area contributed by atoms with Crippen LogP contribution in [0.3, 0.4) is 0 Å². The molecular formula is C26H31Cl2N6O13P. The Labute approximate surface area is 281 Å². The van der Waals surface area contributed by atoms with E-state index in [4.69, 9.17) is 61.6 Å². The monoisotopic (exact) mass is 736 g/mol. The van der Waals surface area contributed by atoms with Crippen LogP contribution in [0.4, 0.5) is 0 Å². The van der Waals surface area contributed by atoms with E-state index in [9.17, 15) is 28.9 Å². The fourth-order valence-electron chi connectivity index (χ4n) is 4.83. The number of aromatic amines is 1. The van der Waals surface area contributed by atoms with Crippen LogP contribution in [0.25, 0.3) is 10.4 Å². The number of carbonyl (C=O) groups is 1. The van der Waals surface area contributed by atoms with Gasteiger partial charge in [-0.2, -0.15) is 0 Å². The first-order chi connectivity index (χ1) is 22.7. The van der Waals surface area contributed by atoms with Gasteiger partial charge in [-0.3, -0.25) is 28.2 Å². The molecule has 7 atom stereocenters. The molecule has 0 amide bonds. The zero-order valence-electron chi connectivity index (χ0n) is 25.6. The molecule has 2 fully saturated rings. The molecule has 1 aromatic carbocycles. The molecule has 0 bridgehead atoms. The normalized spacial score (nSPS) is 25.0. The van der Waals surface area contributed by atoms with Gasteiger partial charge in [0, 0.05) is 54.0 Å². The summed E-state index contributed by atoms with van der Waals surface area (Å²) in [5.74, 6) is -1.30. The molecule has 0 aliphatic carbocycles.